The molecule has 0 aromatic heterocycles. The minimum atomic E-state index is -0.458. The Morgan fingerprint density at radius 2 is 2.09 bits per heavy atom. The molecule has 23 heavy (non-hydrogen) atoms. The fraction of sp³-hybridized carbons (Fsp3) is 0.611. The predicted octanol–water partition coefficient (Wildman–Crippen LogP) is 3.91. The molecule has 3 fully saturated rings. The summed E-state index contributed by atoms with van der Waals surface area (Å²) in [6.45, 7) is -0.124. The van der Waals surface area contributed by atoms with Gasteiger partial charge in [0.05, 0.1) is 0 Å². The van der Waals surface area contributed by atoms with Crippen molar-refractivity contribution < 1.29 is 13.9 Å². The molecule has 3 saturated carbocycles. The molecule has 2 bridgehead atoms. The number of hydrogen-bond donors (Lipinski definition) is 1. The van der Waals surface area contributed by atoms with E-state index in [1.54, 1.807) is 6.07 Å². The van der Waals surface area contributed by atoms with Crippen molar-refractivity contribution in [3.63, 3.8) is 0 Å². The fourth-order valence-electron chi connectivity index (χ4n) is 5.22. The van der Waals surface area contributed by atoms with Crippen LogP contribution in [-0.2, 0) is 4.79 Å². The molecule has 1 aromatic carbocycles. The highest BCUT2D eigenvalue weighted by molar-refractivity contribution is 9.10. The Morgan fingerprint density at radius 1 is 1.26 bits per heavy atom. The number of nitrogens with one attached hydrogen (secondary N) is 1. The molecule has 5 atom stereocenters. The first-order valence-electron chi connectivity index (χ1n) is 8.49. The van der Waals surface area contributed by atoms with Crippen molar-refractivity contribution in [1.29, 1.82) is 0 Å². The lowest BCUT2D eigenvalue weighted by atomic mass is 9.79. The standard InChI is InChI=1S/C18H21BrFNO2/c19-11-4-5-17(15(20)8-11)23-9-18(22)21-16-7-10-6-14(16)13-3-1-2-12(10)13/h4-5,8,10,12-14,16H,1-3,6-7,9H2,(H,21,22). The van der Waals surface area contributed by atoms with Crippen LogP contribution in [-0.4, -0.2) is 18.6 Å². The second-order valence-electron chi connectivity index (χ2n) is 7.19. The molecule has 3 nitrogen and oxygen atoms in total. The largest absolute Gasteiger partial charge is 0.481 e. The van der Waals surface area contributed by atoms with E-state index in [0.717, 1.165) is 24.2 Å². The number of hydrogen-bond acceptors (Lipinski definition) is 2. The highest BCUT2D eigenvalue weighted by Gasteiger charge is 2.53. The Bertz CT molecular complexity index is 623. The Kier molecular flexibility index (Phi) is 4.08. The van der Waals surface area contributed by atoms with Crippen molar-refractivity contribution in [1.82, 2.24) is 5.32 Å². The number of fused-ring (bicyclic) bond motifs is 5. The molecule has 3 aliphatic rings. The predicted molar refractivity (Wildman–Crippen MR) is 88.6 cm³/mol. The van der Waals surface area contributed by atoms with Crippen molar-refractivity contribution >= 4 is 21.8 Å². The van der Waals surface area contributed by atoms with Crippen molar-refractivity contribution in [2.75, 3.05) is 6.61 Å². The van der Waals surface area contributed by atoms with Gasteiger partial charge in [-0.3, -0.25) is 4.79 Å². The van der Waals surface area contributed by atoms with Gasteiger partial charge in [0.2, 0.25) is 0 Å². The van der Waals surface area contributed by atoms with Gasteiger partial charge in [-0.1, -0.05) is 22.4 Å². The molecule has 0 heterocycles. The molecule has 0 spiro atoms. The quantitative estimate of drug-likeness (QED) is 0.858. The van der Waals surface area contributed by atoms with Crippen LogP contribution in [0.1, 0.15) is 32.1 Å². The van der Waals surface area contributed by atoms with E-state index in [-0.39, 0.29) is 18.3 Å². The number of benzene rings is 1. The average molecular weight is 382 g/mol. The lowest BCUT2D eigenvalue weighted by molar-refractivity contribution is -0.124. The van der Waals surface area contributed by atoms with Crippen molar-refractivity contribution in [2.45, 2.75) is 38.1 Å². The van der Waals surface area contributed by atoms with E-state index < -0.39 is 5.82 Å². The second kappa shape index (κ2) is 6.08. The summed E-state index contributed by atoms with van der Waals surface area (Å²) in [7, 11) is 0. The van der Waals surface area contributed by atoms with Crippen molar-refractivity contribution in [2.24, 2.45) is 23.7 Å². The Hall–Kier alpha value is -1.10. The third-order valence-electron chi connectivity index (χ3n) is 6.03. The molecular weight excluding hydrogens is 361 g/mol. The Labute approximate surface area is 144 Å². The summed E-state index contributed by atoms with van der Waals surface area (Å²) >= 11 is 3.20. The lowest BCUT2D eigenvalue weighted by Crippen LogP contribution is -2.44. The zero-order valence-electron chi connectivity index (χ0n) is 12.9. The van der Waals surface area contributed by atoms with Gasteiger partial charge in [-0.25, -0.2) is 4.39 Å². The summed E-state index contributed by atoms with van der Waals surface area (Å²) < 4.78 is 19.7. The maximum atomic E-state index is 13.7. The van der Waals surface area contributed by atoms with Gasteiger partial charge in [0.1, 0.15) is 0 Å². The van der Waals surface area contributed by atoms with Crippen LogP contribution in [0, 0.1) is 29.5 Å². The summed E-state index contributed by atoms with van der Waals surface area (Å²) in [4.78, 5) is 12.2. The van der Waals surface area contributed by atoms with Gasteiger partial charge < -0.3 is 10.1 Å². The maximum absolute atomic E-state index is 13.7. The normalized spacial score (nSPS) is 34.4. The molecule has 5 unspecified atom stereocenters. The highest BCUT2D eigenvalue weighted by Crippen LogP contribution is 2.58. The van der Waals surface area contributed by atoms with Crippen LogP contribution in [0.4, 0.5) is 4.39 Å². The number of carbonyl (C=O) groups excluding carboxylic acids is 1. The van der Waals surface area contributed by atoms with Gasteiger partial charge in [-0.05, 0) is 67.6 Å². The third kappa shape index (κ3) is 2.88. The summed E-state index contributed by atoms with van der Waals surface area (Å²) in [5, 5.41) is 3.13. The number of ether oxygens (including phenoxy) is 1. The fourth-order valence-corrected chi connectivity index (χ4v) is 5.55. The molecule has 0 saturated heterocycles. The zero-order chi connectivity index (χ0) is 16.0. The second-order valence-corrected chi connectivity index (χ2v) is 8.11. The topological polar surface area (TPSA) is 38.3 Å². The SMILES string of the molecule is O=C(COc1ccc(Br)cc1F)NC1CC2CC1C1CCCC21. The van der Waals surface area contributed by atoms with E-state index in [1.807, 2.05) is 0 Å². The van der Waals surface area contributed by atoms with Crippen LogP contribution in [0.15, 0.2) is 22.7 Å². The highest BCUT2D eigenvalue weighted by atomic mass is 79.9. The molecular formula is C18H21BrFNO2. The first-order valence-corrected chi connectivity index (χ1v) is 9.28. The van der Waals surface area contributed by atoms with Gasteiger partial charge >= 0.3 is 0 Å². The van der Waals surface area contributed by atoms with E-state index in [0.29, 0.717) is 16.4 Å². The van der Waals surface area contributed by atoms with Gasteiger partial charge in [0, 0.05) is 10.5 Å². The van der Waals surface area contributed by atoms with Crippen LogP contribution in [0.2, 0.25) is 0 Å². The molecule has 0 aliphatic heterocycles. The van der Waals surface area contributed by atoms with Crippen molar-refractivity contribution in [3.05, 3.63) is 28.5 Å². The molecule has 1 N–H and O–H groups in total. The molecule has 124 valence electrons. The van der Waals surface area contributed by atoms with Crippen molar-refractivity contribution in [3.8, 4) is 5.75 Å². The van der Waals surface area contributed by atoms with Gasteiger partial charge in [-0.2, -0.15) is 0 Å². The smallest absolute Gasteiger partial charge is 0.258 e. The molecule has 5 heteroatoms. The number of carbonyl (C=O) groups is 1. The van der Waals surface area contributed by atoms with Crippen LogP contribution >= 0.6 is 15.9 Å². The summed E-state index contributed by atoms with van der Waals surface area (Å²) in [6.07, 6.45) is 6.47. The van der Waals surface area contributed by atoms with E-state index in [1.165, 1.54) is 37.8 Å². The molecule has 1 amide bonds. The number of amides is 1. The first kappa shape index (κ1) is 15.4. The molecule has 3 aliphatic carbocycles. The summed E-state index contributed by atoms with van der Waals surface area (Å²) in [5.41, 5.74) is 0. The van der Waals surface area contributed by atoms with E-state index >= 15 is 0 Å². The molecule has 1 aromatic rings. The van der Waals surface area contributed by atoms with E-state index in [4.69, 9.17) is 4.74 Å². The first-order chi connectivity index (χ1) is 11.1. The summed E-state index contributed by atoms with van der Waals surface area (Å²) in [5.74, 6) is 2.72. The monoisotopic (exact) mass is 381 g/mol. The lowest BCUT2D eigenvalue weighted by Gasteiger charge is -2.32. The van der Waals surface area contributed by atoms with Crippen LogP contribution in [0.25, 0.3) is 0 Å². The van der Waals surface area contributed by atoms with Gasteiger partial charge in [-0.15, -0.1) is 0 Å². The van der Waals surface area contributed by atoms with E-state index in [2.05, 4.69) is 21.2 Å². The number of halogens is 2. The molecule has 4 rings (SSSR count). The van der Waals surface area contributed by atoms with Gasteiger partial charge in [0.15, 0.2) is 18.2 Å². The Balaban J connectivity index is 1.31. The minimum absolute atomic E-state index is 0.118. The third-order valence-corrected chi connectivity index (χ3v) is 6.52. The maximum Gasteiger partial charge on any atom is 0.258 e. The average Bonchev–Trinajstić information content (AvgIpc) is 3.18. The van der Waals surface area contributed by atoms with Crippen LogP contribution in [0.3, 0.4) is 0 Å². The number of rotatable bonds is 4. The Morgan fingerprint density at radius 3 is 2.91 bits per heavy atom. The van der Waals surface area contributed by atoms with Gasteiger partial charge in [0.25, 0.3) is 5.91 Å². The summed E-state index contributed by atoms with van der Waals surface area (Å²) in [6, 6.07) is 4.87. The zero-order valence-corrected chi connectivity index (χ0v) is 14.5. The minimum Gasteiger partial charge on any atom is -0.481 e. The molecule has 0 radical (unpaired) electrons. The van der Waals surface area contributed by atoms with E-state index in [9.17, 15) is 9.18 Å². The van der Waals surface area contributed by atoms with Crippen LogP contribution < -0.4 is 10.1 Å². The van der Waals surface area contributed by atoms with Crippen LogP contribution in [0.5, 0.6) is 5.75 Å².